The molecule has 0 bridgehead atoms. The van der Waals surface area contributed by atoms with E-state index in [0.717, 1.165) is 30.0 Å². The minimum absolute atomic E-state index is 0.192. The van der Waals surface area contributed by atoms with Gasteiger partial charge in [-0.15, -0.1) is 0 Å². The Morgan fingerprint density at radius 2 is 1.82 bits per heavy atom. The molecule has 1 unspecified atom stereocenters. The molecule has 7 heteroatoms. The number of anilines is 2. The van der Waals surface area contributed by atoms with Crippen LogP contribution in [0.1, 0.15) is 56.5 Å². The number of rotatable bonds is 9. The molecule has 0 saturated carbocycles. The molecule has 186 valence electrons. The molecular weight excluding hydrogens is 462 g/mol. The van der Waals surface area contributed by atoms with E-state index in [-0.39, 0.29) is 17.0 Å². The summed E-state index contributed by atoms with van der Waals surface area (Å²) in [7, 11) is -1.78. The molecule has 2 N–H and O–H groups in total. The third kappa shape index (κ3) is 6.85. The van der Waals surface area contributed by atoms with Crippen molar-refractivity contribution in [2.75, 3.05) is 29.9 Å². The number of nitrogens with one attached hydrogen (secondary N) is 2. The van der Waals surface area contributed by atoms with E-state index in [1.54, 1.807) is 0 Å². The third-order valence-corrected chi connectivity index (χ3v) is 11.9. The SMILES string of the molecule is CC(CO[Si](C)(C)C(C)(C)C)NCc1ccccc1NC(=O)c1ccc(N2CCCC2)cc1Cl. The van der Waals surface area contributed by atoms with Crippen LogP contribution in [0.15, 0.2) is 42.5 Å². The van der Waals surface area contributed by atoms with Crippen molar-refractivity contribution >= 4 is 37.2 Å². The first-order chi connectivity index (χ1) is 16.0. The molecule has 1 saturated heterocycles. The average molecular weight is 502 g/mol. The summed E-state index contributed by atoms with van der Waals surface area (Å²) in [6, 6.07) is 13.8. The lowest BCUT2D eigenvalue weighted by molar-refractivity contribution is 0.102. The fraction of sp³-hybridized carbons (Fsp3) is 0.519. The molecule has 2 aromatic rings. The lowest BCUT2D eigenvalue weighted by atomic mass is 10.1. The Labute approximate surface area is 211 Å². The Bertz CT molecular complexity index is 984. The van der Waals surface area contributed by atoms with Gasteiger partial charge in [-0.05, 0) is 67.7 Å². The molecule has 1 aliphatic rings. The predicted octanol–water partition coefficient (Wildman–Crippen LogP) is 6.69. The van der Waals surface area contributed by atoms with Crippen molar-refractivity contribution in [2.24, 2.45) is 0 Å². The fourth-order valence-corrected chi connectivity index (χ4v) is 5.10. The van der Waals surface area contributed by atoms with E-state index in [0.29, 0.717) is 23.7 Å². The van der Waals surface area contributed by atoms with Crippen molar-refractivity contribution < 1.29 is 9.22 Å². The summed E-state index contributed by atoms with van der Waals surface area (Å²) in [5.74, 6) is -0.195. The first-order valence-electron chi connectivity index (χ1n) is 12.3. The van der Waals surface area contributed by atoms with Gasteiger partial charge in [-0.25, -0.2) is 0 Å². The second-order valence-corrected chi connectivity index (χ2v) is 16.0. The molecule has 0 aliphatic carbocycles. The molecule has 5 nitrogen and oxygen atoms in total. The Morgan fingerprint density at radius 3 is 2.47 bits per heavy atom. The van der Waals surface area contributed by atoms with Gasteiger partial charge in [0.05, 0.1) is 10.6 Å². The Morgan fingerprint density at radius 1 is 1.15 bits per heavy atom. The minimum atomic E-state index is -1.78. The standard InChI is InChI=1S/C27H40ClN3O2Si/c1-20(19-33-34(5,6)27(2,3)4)29-18-21-11-7-8-12-25(21)30-26(32)23-14-13-22(17-24(23)28)31-15-9-10-16-31/h7-8,11-14,17,20,29H,9-10,15-16,18-19H2,1-6H3,(H,30,32). The summed E-state index contributed by atoms with van der Waals surface area (Å²) in [5, 5.41) is 7.27. The summed E-state index contributed by atoms with van der Waals surface area (Å²) in [5.41, 5.74) is 3.39. The molecule has 0 radical (unpaired) electrons. The van der Waals surface area contributed by atoms with Crippen LogP contribution in [-0.4, -0.2) is 40.0 Å². The highest BCUT2D eigenvalue weighted by Gasteiger charge is 2.37. The molecule has 1 aliphatic heterocycles. The van der Waals surface area contributed by atoms with Crippen LogP contribution in [0, 0.1) is 0 Å². The van der Waals surface area contributed by atoms with Crippen LogP contribution in [0.4, 0.5) is 11.4 Å². The first kappa shape index (κ1) is 26.7. The molecule has 34 heavy (non-hydrogen) atoms. The van der Waals surface area contributed by atoms with Gasteiger partial charge in [0.2, 0.25) is 0 Å². The Hall–Kier alpha value is -1.86. The summed E-state index contributed by atoms with van der Waals surface area (Å²) in [6.07, 6.45) is 2.40. The lowest BCUT2D eigenvalue weighted by Gasteiger charge is -2.37. The smallest absolute Gasteiger partial charge is 0.257 e. The number of para-hydroxylation sites is 1. The first-order valence-corrected chi connectivity index (χ1v) is 15.6. The summed E-state index contributed by atoms with van der Waals surface area (Å²) >= 11 is 6.50. The van der Waals surface area contributed by atoms with Gasteiger partial charge in [0.15, 0.2) is 8.32 Å². The lowest BCUT2D eigenvalue weighted by Crippen LogP contribution is -2.44. The second-order valence-electron chi connectivity index (χ2n) is 10.8. The zero-order chi connectivity index (χ0) is 24.9. The summed E-state index contributed by atoms with van der Waals surface area (Å²) < 4.78 is 6.34. The van der Waals surface area contributed by atoms with Crippen molar-refractivity contribution in [3.8, 4) is 0 Å². The largest absolute Gasteiger partial charge is 0.415 e. The van der Waals surface area contributed by atoms with Crippen molar-refractivity contribution in [2.45, 2.75) is 71.3 Å². The van der Waals surface area contributed by atoms with Gasteiger partial charge in [-0.1, -0.05) is 50.6 Å². The van der Waals surface area contributed by atoms with Gasteiger partial charge >= 0.3 is 0 Å². The van der Waals surface area contributed by atoms with E-state index in [2.05, 4.69) is 56.3 Å². The number of benzene rings is 2. The van der Waals surface area contributed by atoms with Crippen LogP contribution in [0.3, 0.4) is 0 Å². The van der Waals surface area contributed by atoms with E-state index >= 15 is 0 Å². The van der Waals surface area contributed by atoms with Crippen LogP contribution in [0.2, 0.25) is 23.2 Å². The van der Waals surface area contributed by atoms with E-state index < -0.39 is 8.32 Å². The van der Waals surface area contributed by atoms with E-state index in [1.165, 1.54) is 12.8 Å². The molecule has 1 fully saturated rings. The van der Waals surface area contributed by atoms with Crippen molar-refractivity contribution in [1.29, 1.82) is 0 Å². The molecule has 1 amide bonds. The molecule has 3 rings (SSSR count). The number of halogens is 1. The maximum Gasteiger partial charge on any atom is 0.257 e. The monoisotopic (exact) mass is 501 g/mol. The van der Waals surface area contributed by atoms with E-state index in [1.807, 2.05) is 42.5 Å². The molecule has 1 heterocycles. The van der Waals surface area contributed by atoms with Crippen LogP contribution in [0.5, 0.6) is 0 Å². The van der Waals surface area contributed by atoms with Crippen LogP contribution >= 0.6 is 11.6 Å². The quantitative estimate of drug-likeness (QED) is 0.376. The van der Waals surface area contributed by atoms with Gasteiger partial charge in [0, 0.05) is 43.7 Å². The van der Waals surface area contributed by atoms with Gasteiger partial charge in [-0.2, -0.15) is 0 Å². The highest BCUT2D eigenvalue weighted by atomic mass is 35.5. The van der Waals surface area contributed by atoms with Gasteiger partial charge in [0.25, 0.3) is 5.91 Å². The number of hydrogen-bond donors (Lipinski definition) is 2. The zero-order valence-electron chi connectivity index (χ0n) is 21.5. The number of amides is 1. The normalized spacial score (nSPS) is 15.4. The summed E-state index contributed by atoms with van der Waals surface area (Å²) in [6.45, 7) is 16.8. The second kappa shape index (κ2) is 11.3. The van der Waals surface area contributed by atoms with Gasteiger partial charge < -0.3 is 20.0 Å². The van der Waals surface area contributed by atoms with E-state index in [9.17, 15) is 4.79 Å². The molecule has 0 spiro atoms. The van der Waals surface area contributed by atoms with Gasteiger partial charge in [-0.3, -0.25) is 4.79 Å². The van der Waals surface area contributed by atoms with Crippen LogP contribution in [-0.2, 0) is 11.0 Å². The predicted molar refractivity (Wildman–Crippen MR) is 147 cm³/mol. The molecular formula is C27H40ClN3O2Si. The fourth-order valence-electron chi connectivity index (χ4n) is 3.74. The van der Waals surface area contributed by atoms with Crippen LogP contribution < -0.4 is 15.5 Å². The maximum atomic E-state index is 13.0. The highest BCUT2D eigenvalue weighted by molar-refractivity contribution is 6.74. The number of nitrogens with zero attached hydrogens (tertiary/aromatic N) is 1. The Balaban J connectivity index is 1.60. The number of carbonyl (C=O) groups is 1. The topological polar surface area (TPSA) is 53.6 Å². The van der Waals surface area contributed by atoms with Gasteiger partial charge in [0.1, 0.15) is 0 Å². The Kier molecular flexibility index (Phi) is 8.85. The number of hydrogen-bond acceptors (Lipinski definition) is 4. The van der Waals surface area contributed by atoms with Crippen molar-refractivity contribution in [3.05, 3.63) is 58.6 Å². The highest BCUT2D eigenvalue weighted by Crippen LogP contribution is 2.36. The van der Waals surface area contributed by atoms with Crippen molar-refractivity contribution in [1.82, 2.24) is 5.32 Å². The minimum Gasteiger partial charge on any atom is -0.415 e. The zero-order valence-corrected chi connectivity index (χ0v) is 23.3. The van der Waals surface area contributed by atoms with Crippen molar-refractivity contribution in [3.63, 3.8) is 0 Å². The molecule has 2 aromatic carbocycles. The molecule has 1 atom stereocenters. The molecule has 0 aromatic heterocycles. The third-order valence-electron chi connectivity index (χ3n) is 7.08. The summed E-state index contributed by atoms with van der Waals surface area (Å²) in [4.78, 5) is 15.3. The maximum absolute atomic E-state index is 13.0. The van der Waals surface area contributed by atoms with Crippen LogP contribution in [0.25, 0.3) is 0 Å². The number of carbonyl (C=O) groups excluding carboxylic acids is 1. The average Bonchev–Trinajstić information content (AvgIpc) is 3.31. The van der Waals surface area contributed by atoms with E-state index in [4.69, 9.17) is 16.0 Å².